The van der Waals surface area contributed by atoms with Crippen LogP contribution in [0.2, 0.25) is 0 Å². The number of rotatable bonds is 7. The zero-order valence-electron chi connectivity index (χ0n) is 20.2. The number of carboxylic acids is 1. The second-order valence-electron chi connectivity index (χ2n) is 9.44. The summed E-state index contributed by atoms with van der Waals surface area (Å²) < 4.78 is 34.6. The molecule has 3 unspecified atom stereocenters. The molecule has 2 heterocycles. The standard InChI is InChI=1S/C25H31N3O6S/c1-16-6-8-19(28-24-21(5-4-12-26-24)27(25(28)31)14-23(29)30)9-7-18(16)15-35(32,33)20-10-11-22(34-3)17(2)13-20/h4-5,10-13,16,18-19H,6-9,14-15H2,1-3H3,(H,29,30). The quantitative estimate of drug-likeness (QED) is 0.492. The van der Waals surface area contributed by atoms with Gasteiger partial charge in [-0.2, -0.15) is 0 Å². The Labute approximate surface area is 204 Å². The van der Waals surface area contributed by atoms with E-state index in [1.807, 2.05) is 6.92 Å². The van der Waals surface area contributed by atoms with Crippen LogP contribution in [0.1, 0.15) is 44.2 Å². The molecule has 3 aromatic rings. The van der Waals surface area contributed by atoms with Gasteiger partial charge in [0.15, 0.2) is 15.5 Å². The van der Waals surface area contributed by atoms with E-state index in [4.69, 9.17) is 4.74 Å². The number of aryl methyl sites for hydroxylation is 1. The summed E-state index contributed by atoms with van der Waals surface area (Å²) in [6, 6.07) is 8.14. The van der Waals surface area contributed by atoms with Gasteiger partial charge in [0.1, 0.15) is 12.3 Å². The largest absolute Gasteiger partial charge is 0.496 e. The molecule has 1 aliphatic carbocycles. The number of carbonyl (C=O) groups is 1. The van der Waals surface area contributed by atoms with Crippen LogP contribution < -0.4 is 10.4 Å². The van der Waals surface area contributed by atoms with E-state index in [-0.39, 0.29) is 23.6 Å². The van der Waals surface area contributed by atoms with Crippen LogP contribution in [-0.4, -0.2) is 46.5 Å². The van der Waals surface area contributed by atoms with Gasteiger partial charge < -0.3 is 9.84 Å². The van der Waals surface area contributed by atoms with Crippen LogP contribution in [0.15, 0.2) is 46.2 Å². The van der Waals surface area contributed by atoms with Crippen LogP contribution in [-0.2, 0) is 21.2 Å². The molecule has 10 heteroatoms. The second-order valence-corrected chi connectivity index (χ2v) is 11.5. The minimum absolute atomic E-state index is 0.0422. The van der Waals surface area contributed by atoms with Gasteiger partial charge in [0, 0.05) is 12.2 Å². The summed E-state index contributed by atoms with van der Waals surface area (Å²) in [5.74, 6) is -0.298. The monoisotopic (exact) mass is 501 g/mol. The molecule has 4 rings (SSSR count). The number of pyridine rings is 1. The van der Waals surface area contributed by atoms with Gasteiger partial charge in [0.25, 0.3) is 0 Å². The first-order chi connectivity index (χ1) is 16.6. The van der Waals surface area contributed by atoms with Crippen molar-refractivity contribution in [3.63, 3.8) is 0 Å². The Kier molecular flexibility index (Phi) is 7.02. The molecule has 0 spiro atoms. The number of fused-ring (bicyclic) bond motifs is 1. The first kappa shape index (κ1) is 25.0. The van der Waals surface area contributed by atoms with E-state index >= 15 is 0 Å². The molecule has 2 aromatic heterocycles. The first-order valence-corrected chi connectivity index (χ1v) is 13.4. The normalized spacial score (nSPS) is 21.1. The third kappa shape index (κ3) is 4.98. The molecule has 1 N–H and O–H groups in total. The highest BCUT2D eigenvalue weighted by Gasteiger charge is 2.32. The van der Waals surface area contributed by atoms with E-state index in [0.717, 1.165) is 12.0 Å². The predicted molar refractivity (Wildman–Crippen MR) is 132 cm³/mol. The number of nitrogens with zero attached hydrogens (tertiary/aromatic N) is 3. The van der Waals surface area contributed by atoms with Crippen LogP contribution in [0.4, 0.5) is 0 Å². The van der Waals surface area contributed by atoms with Gasteiger partial charge in [0.05, 0.1) is 23.3 Å². The lowest BCUT2D eigenvalue weighted by Gasteiger charge is -2.21. The number of sulfone groups is 1. The molecular formula is C25H31N3O6S. The summed E-state index contributed by atoms with van der Waals surface area (Å²) in [6.45, 7) is 3.46. The van der Waals surface area contributed by atoms with Gasteiger partial charge in [-0.15, -0.1) is 0 Å². The fourth-order valence-corrected chi connectivity index (χ4v) is 7.06. The number of hydrogen-bond donors (Lipinski definition) is 1. The third-order valence-electron chi connectivity index (χ3n) is 7.17. The van der Waals surface area contributed by atoms with Crippen molar-refractivity contribution in [1.29, 1.82) is 0 Å². The van der Waals surface area contributed by atoms with Crippen LogP contribution in [0.5, 0.6) is 5.75 Å². The number of methoxy groups -OCH3 is 1. The van der Waals surface area contributed by atoms with Crippen molar-refractivity contribution < 1.29 is 23.1 Å². The molecule has 1 fully saturated rings. The summed E-state index contributed by atoms with van der Waals surface area (Å²) >= 11 is 0. The van der Waals surface area contributed by atoms with Gasteiger partial charge in [-0.05, 0) is 80.3 Å². The Morgan fingerprint density at radius 2 is 1.94 bits per heavy atom. The van der Waals surface area contributed by atoms with Crippen LogP contribution in [0, 0.1) is 18.8 Å². The average Bonchev–Trinajstić information content (AvgIpc) is 2.96. The average molecular weight is 502 g/mol. The van der Waals surface area contributed by atoms with Gasteiger partial charge in [-0.25, -0.2) is 18.2 Å². The molecule has 35 heavy (non-hydrogen) atoms. The molecule has 1 aromatic carbocycles. The van der Waals surface area contributed by atoms with E-state index in [2.05, 4.69) is 11.9 Å². The van der Waals surface area contributed by atoms with Crippen LogP contribution >= 0.6 is 0 Å². The number of ether oxygens (including phenoxy) is 1. The van der Waals surface area contributed by atoms with E-state index in [1.165, 1.54) is 4.57 Å². The van der Waals surface area contributed by atoms with Crippen molar-refractivity contribution in [2.75, 3.05) is 12.9 Å². The summed E-state index contributed by atoms with van der Waals surface area (Å²) in [5.41, 5.74) is 1.34. The smallest absolute Gasteiger partial charge is 0.331 e. The molecule has 9 nitrogen and oxygen atoms in total. The Bertz CT molecular complexity index is 1410. The van der Waals surface area contributed by atoms with Crippen LogP contribution in [0.3, 0.4) is 0 Å². The van der Waals surface area contributed by atoms with Crippen molar-refractivity contribution in [1.82, 2.24) is 14.1 Å². The molecule has 3 atom stereocenters. The van der Waals surface area contributed by atoms with E-state index < -0.39 is 28.0 Å². The third-order valence-corrected chi connectivity index (χ3v) is 9.01. The number of imidazole rings is 1. The Morgan fingerprint density at radius 3 is 2.63 bits per heavy atom. The topological polar surface area (TPSA) is 120 Å². The number of benzene rings is 1. The Balaban J connectivity index is 1.59. The molecule has 0 amide bonds. The molecule has 1 saturated carbocycles. The number of aliphatic carboxylic acids is 1. The molecule has 0 radical (unpaired) electrons. The molecule has 188 valence electrons. The first-order valence-electron chi connectivity index (χ1n) is 11.8. The van der Waals surface area contributed by atoms with Gasteiger partial charge >= 0.3 is 11.7 Å². The highest BCUT2D eigenvalue weighted by molar-refractivity contribution is 7.91. The summed E-state index contributed by atoms with van der Waals surface area (Å²) in [4.78, 5) is 29.2. The number of carboxylic acid groups (broad SMARTS) is 1. The summed E-state index contributed by atoms with van der Waals surface area (Å²) in [7, 11) is -1.94. The van der Waals surface area contributed by atoms with E-state index in [1.54, 1.807) is 48.2 Å². The maximum absolute atomic E-state index is 13.2. The van der Waals surface area contributed by atoms with Gasteiger partial charge in [0.2, 0.25) is 0 Å². The predicted octanol–water partition coefficient (Wildman–Crippen LogP) is 3.44. The van der Waals surface area contributed by atoms with Gasteiger partial charge in [-0.1, -0.05) is 6.92 Å². The fourth-order valence-electron chi connectivity index (χ4n) is 5.18. The Hall–Kier alpha value is -3.14. The minimum Gasteiger partial charge on any atom is -0.496 e. The van der Waals surface area contributed by atoms with E-state index in [9.17, 15) is 23.1 Å². The lowest BCUT2D eigenvalue weighted by atomic mass is 9.91. The molecular weight excluding hydrogens is 470 g/mol. The zero-order valence-corrected chi connectivity index (χ0v) is 21.0. The van der Waals surface area contributed by atoms with Crippen molar-refractivity contribution >= 4 is 27.0 Å². The fraction of sp³-hybridized carbons (Fsp3) is 0.480. The molecule has 0 saturated heterocycles. The van der Waals surface area contributed by atoms with Crippen molar-refractivity contribution in [3.8, 4) is 5.75 Å². The maximum atomic E-state index is 13.2. The molecule has 0 bridgehead atoms. The maximum Gasteiger partial charge on any atom is 0.331 e. The van der Waals surface area contributed by atoms with Crippen molar-refractivity contribution in [3.05, 3.63) is 52.6 Å². The van der Waals surface area contributed by atoms with E-state index in [0.29, 0.717) is 41.1 Å². The second kappa shape index (κ2) is 9.85. The summed E-state index contributed by atoms with van der Waals surface area (Å²) in [6.07, 6.45) is 4.31. The molecule has 0 aliphatic heterocycles. The van der Waals surface area contributed by atoms with Gasteiger partial charge in [-0.3, -0.25) is 13.9 Å². The van der Waals surface area contributed by atoms with Crippen LogP contribution in [0.25, 0.3) is 11.2 Å². The van der Waals surface area contributed by atoms with Crippen molar-refractivity contribution in [2.24, 2.45) is 11.8 Å². The Morgan fingerprint density at radius 1 is 1.20 bits per heavy atom. The number of aromatic nitrogens is 3. The summed E-state index contributed by atoms with van der Waals surface area (Å²) in [5, 5.41) is 9.28. The number of hydrogen-bond acceptors (Lipinski definition) is 6. The minimum atomic E-state index is -3.50. The molecule has 1 aliphatic rings. The highest BCUT2D eigenvalue weighted by atomic mass is 32.2. The SMILES string of the molecule is COc1ccc(S(=O)(=O)CC2CCC(n3c(=O)n(CC(=O)O)c4cccnc43)CCC2C)cc1C. The lowest BCUT2D eigenvalue weighted by Crippen LogP contribution is -2.29. The zero-order chi connectivity index (χ0) is 25.3. The lowest BCUT2D eigenvalue weighted by molar-refractivity contribution is -0.137. The van der Waals surface area contributed by atoms with Crippen molar-refractivity contribution in [2.45, 2.75) is 57.0 Å². The highest BCUT2D eigenvalue weighted by Crippen LogP contribution is 2.36.